The van der Waals surface area contributed by atoms with Crippen LogP contribution in [-0.4, -0.2) is 10.9 Å². The van der Waals surface area contributed by atoms with E-state index < -0.39 is 0 Å². The van der Waals surface area contributed by atoms with Gasteiger partial charge in [0.05, 0.1) is 5.56 Å². The largest absolute Gasteiger partial charge is 0.507 e. The molecule has 1 atom stereocenters. The van der Waals surface area contributed by atoms with E-state index in [4.69, 9.17) is 11.6 Å². The first-order chi connectivity index (χ1) is 7.56. The zero-order valence-corrected chi connectivity index (χ0v) is 10.00. The Balaban J connectivity index is 2.86. The van der Waals surface area contributed by atoms with Gasteiger partial charge in [0.2, 0.25) is 0 Å². The highest BCUT2D eigenvalue weighted by atomic mass is 35.5. The lowest BCUT2D eigenvalue weighted by Crippen LogP contribution is -2.11. The number of phenolic OH excluding ortho intramolecular Hbond substituents is 1. The van der Waals surface area contributed by atoms with Crippen molar-refractivity contribution < 1.29 is 9.90 Å². The lowest BCUT2D eigenvalue weighted by atomic mass is 9.94. The van der Waals surface area contributed by atoms with Crippen molar-refractivity contribution in [1.82, 2.24) is 0 Å². The molecule has 0 bridgehead atoms. The summed E-state index contributed by atoms with van der Waals surface area (Å²) in [6, 6.07) is 4.50. The minimum absolute atomic E-state index is 0.0140. The molecule has 0 radical (unpaired) electrons. The van der Waals surface area contributed by atoms with Gasteiger partial charge in [-0.2, -0.15) is 0 Å². The first kappa shape index (κ1) is 12.8. The summed E-state index contributed by atoms with van der Waals surface area (Å²) in [6.07, 6.45) is 3.30. The molecule has 1 unspecified atom stereocenters. The summed E-state index contributed by atoms with van der Waals surface area (Å²) >= 11 is 5.79. The fourth-order valence-corrected chi connectivity index (χ4v) is 1.64. The Hall–Kier alpha value is -1.28. The van der Waals surface area contributed by atoms with Crippen molar-refractivity contribution in [2.45, 2.75) is 19.8 Å². The summed E-state index contributed by atoms with van der Waals surface area (Å²) in [6.45, 7) is 5.45. The second-order valence-corrected chi connectivity index (χ2v) is 4.23. The van der Waals surface area contributed by atoms with Crippen LogP contribution in [0.5, 0.6) is 5.75 Å². The molecule has 0 heterocycles. The van der Waals surface area contributed by atoms with Crippen LogP contribution in [0.15, 0.2) is 30.9 Å². The van der Waals surface area contributed by atoms with Gasteiger partial charge in [-0.05, 0) is 31.0 Å². The first-order valence-electron chi connectivity index (χ1n) is 5.20. The third-order valence-electron chi connectivity index (χ3n) is 2.48. The van der Waals surface area contributed by atoms with Crippen LogP contribution >= 0.6 is 11.6 Å². The van der Waals surface area contributed by atoms with Crippen LogP contribution in [0.1, 0.15) is 30.1 Å². The van der Waals surface area contributed by atoms with Crippen molar-refractivity contribution in [3.8, 4) is 5.75 Å². The standard InChI is InChI=1S/C13H15ClO2/c1-3-4-5-9(2)13(16)11-8-10(14)6-7-12(11)15/h3,6-9,15H,1,4-5H2,2H3. The molecule has 0 saturated carbocycles. The minimum atomic E-state index is -0.137. The molecule has 0 fully saturated rings. The fraction of sp³-hybridized carbons (Fsp3) is 0.308. The highest BCUT2D eigenvalue weighted by Crippen LogP contribution is 2.25. The monoisotopic (exact) mass is 238 g/mol. The molecule has 0 aromatic heterocycles. The molecule has 16 heavy (non-hydrogen) atoms. The normalized spacial score (nSPS) is 12.1. The molecule has 0 aliphatic rings. The van der Waals surface area contributed by atoms with Gasteiger partial charge in [0.25, 0.3) is 0 Å². The van der Waals surface area contributed by atoms with Crippen LogP contribution in [0.4, 0.5) is 0 Å². The predicted octanol–water partition coefficient (Wildman–Crippen LogP) is 3.83. The summed E-state index contributed by atoms with van der Waals surface area (Å²) in [7, 11) is 0. The molecule has 0 spiro atoms. The lowest BCUT2D eigenvalue weighted by molar-refractivity contribution is 0.0922. The number of allylic oxidation sites excluding steroid dienone is 1. The van der Waals surface area contributed by atoms with Crippen molar-refractivity contribution in [1.29, 1.82) is 0 Å². The van der Waals surface area contributed by atoms with Gasteiger partial charge in [0.1, 0.15) is 5.75 Å². The summed E-state index contributed by atoms with van der Waals surface area (Å²) in [5.41, 5.74) is 0.295. The number of benzene rings is 1. The number of hydrogen-bond acceptors (Lipinski definition) is 2. The highest BCUT2D eigenvalue weighted by Gasteiger charge is 2.18. The van der Waals surface area contributed by atoms with E-state index in [1.807, 2.05) is 6.92 Å². The number of ketones is 1. The molecule has 86 valence electrons. The summed E-state index contributed by atoms with van der Waals surface area (Å²) in [4.78, 5) is 12.0. The SMILES string of the molecule is C=CCCC(C)C(=O)c1cc(Cl)ccc1O. The van der Waals surface area contributed by atoms with E-state index in [9.17, 15) is 9.90 Å². The molecular formula is C13H15ClO2. The van der Waals surface area contributed by atoms with E-state index >= 15 is 0 Å². The molecule has 0 aliphatic heterocycles. The molecule has 1 N–H and O–H groups in total. The number of rotatable bonds is 5. The number of aromatic hydroxyl groups is 1. The fourth-order valence-electron chi connectivity index (χ4n) is 1.47. The van der Waals surface area contributed by atoms with E-state index in [0.29, 0.717) is 10.6 Å². The van der Waals surface area contributed by atoms with Gasteiger partial charge in [-0.25, -0.2) is 0 Å². The third kappa shape index (κ3) is 3.11. The number of halogens is 1. The zero-order valence-electron chi connectivity index (χ0n) is 9.24. The Morgan fingerprint density at radius 2 is 2.31 bits per heavy atom. The Morgan fingerprint density at radius 1 is 1.62 bits per heavy atom. The van der Waals surface area contributed by atoms with Gasteiger partial charge in [-0.15, -0.1) is 6.58 Å². The Morgan fingerprint density at radius 3 is 2.94 bits per heavy atom. The van der Waals surface area contributed by atoms with Gasteiger partial charge in [0, 0.05) is 10.9 Å². The van der Waals surface area contributed by atoms with E-state index in [0.717, 1.165) is 12.8 Å². The number of carbonyl (C=O) groups is 1. The van der Waals surface area contributed by atoms with Crippen LogP contribution in [0.3, 0.4) is 0 Å². The maximum Gasteiger partial charge on any atom is 0.169 e. The smallest absolute Gasteiger partial charge is 0.169 e. The minimum Gasteiger partial charge on any atom is -0.507 e. The van der Waals surface area contributed by atoms with Gasteiger partial charge in [0.15, 0.2) is 5.78 Å². The quantitative estimate of drug-likeness (QED) is 0.625. The molecule has 2 nitrogen and oxygen atoms in total. The van der Waals surface area contributed by atoms with Crippen molar-refractivity contribution in [2.75, 3.05) is 0 Å². The van der Waals surface area contributed by atoms with Crippen LogP contribution in [0, 0.1) is 5.92 Å². The number of hydrogen-bond donors (Lipinski definition) is 1. The second kappa shape index (κ2) is 5.71. The van der Waals surface area contributed by atoms with Gasteiger partial charge in [-0.1, -0.05) is 24.6 Å². The molecule has 3 heteroatoms. The van der Waals surface area contributed by atoms with Crippen molar-refractivity contribution in [2.24, 2.45) is 5.92 Å². The van der Waals surface area contributed by atoms with Crippen LogP contribution in [0.25, 0.3) is 0 Å². The molecule has 1 aromatic carbocycles. The first-order valence-corrected chi connectivity index (χ1v) is 5.57. The van der Waals surface area contributed by atoms with Crippen molar-refractivity contribution in [3.63, 3.8) is 0 Å². The zero-order chi connectivity index (χ0) is 12.1. The molecular weight excluding hydrogens is 224 g/mol. The summed E-state index contributed by atoms with van der Waals surface area (Å²) in [5.74, 6) is -0.232. The third-order valence-corrected chi connectivity index (χ3v) is 2.71. The Labute approximate surface area is 101 Å². The highest BCUT2D eigenvalue weighted by molar-refractivity contribution is 6.31. The number of carbonyl (C=O) groups excluding carboxylic acids is 1. The second-order valence-electron chi connectivity index (χ2n) is 3.79. The van der Waals surface area contributed by atoms with Crippen LogP contribution in [0.2, 0.25) is 5.02 Å². The maximum atomic E-state index is 12.0. The summed E-state index contributed by atoms with van der Waals surface area (Å²) < 4.78 is 0. The predicted molar refractivity (Wildman–Crippen MR) is 66.0 cm³/mol. The van der Waals surface area contributed by atoms with Gasteiger partial charge in [-0.3, -0.25) is 4.79 Å². The van der Waals surface area contributed by atoms with Gasteiger partial charge >= 0.3 is 0 Å². The van der Waals surface area contributed by atoms with E-state index in [1.165, 1.54) is 12.1 Å². The van der Waals surface area contributed by atoms with Crippen LogP contribution in [-0.2, 0) is 0 Å². The van der Waals surface area contributed by atoms with Crippen molar-refractivity contribution in [3.05, 3.63) is 41.4 Å². The van der Waals surface area contributed by atoms with Gasteiger partial charge < -0.3 is 5.11 Å². The molecule has 1 aromatic rings. The topological polar surface area (TPSA) is 37.3 Å². The van der Waals surface area contributed by atoms with Crippen molar-refractivity contribution >= 4 is 17.4 Å². The average Bonchev–Trinajstić information content (AvgIpc) is 2.28. The Kier molecular flexibility index (Phi) is 4.56. The lowest BCUT2D eigenvalue weighted by Gasteiger charge is -2.10. The van der Waals surface area contributed by atoms with E-state index in [2.05, 4.69) is 6.58 Å². The summed E-state index contributed by atoms with van der Waals surface area (Å²) in [5, 5.41) is 10.0. The van der Waals surface area contributed by atoms with E-state index in [-0.39, 0.29) is 17.5 Å². The van der Waals surface area contributed by atoms with Crippen LogP contribution < -0.4 is 0 Å². The number of Topliss-reactive ketones (excluding diaryl/α,β-unsaturated/α-hetero) is 1. The average molecular weight is 239 g/mol. The van der Waals surface area contributed by atoms with E-state index in [1.54, 1.807) is 12.1 Å². The molecule has 0 aliphatic carbocycles. The molecule has 1 rings (SSSR count). The number of phenols is 1. The maximum absolute atomic E-state index is 12.0. The molecule has 0 amide bonds. The molecule has 0 saturated heterocycles. The Bertz CT molecular complexity index is 399.